The van der Waals surface area contributed by atoms with Gasteiger partial charge in [0.2, 0.25) is 21.7 Å². The molecule has 0 aliphatic carbocycles. The number of hydrogen-bond acceptors (Lipinski definition) is 0. The van der Waals surface area contributed by atoms with Gasteiger partial charge in [-0.2, -0.15) is 0 Å². The maximum absolute atomic E-state index is 2.26. The van der Waals surface area contributed by atoms with Gasteiger partial charge in [-0.1, -0.05) is 68.5 Å². The molecule has 0 bridgehead atoms. The Morgan fingerprint density at radius 3 is 2.46 bits per heavy atom. The first-order chi connectivity index (χ1) is 6.34. The molecule has 1 unspecified atom stereocenters. The number of unbranched alkanes of at least 4 members (excludes halogenated alkanes) is 2. The third-order valence-corrected chi connectivity index (χ3v) is 3.31. The molecule has 0 aliphatic rings. The third kappa shape index (κ3) is 4.14. The second-order valence-electron chi connectivity index (χ2n) is 3.60. The fourth-order valence-electron chi connectivity index (χ4n) is 1.53. The molecule has 0 fully saturated rings. The van der Waals surface area contributed by atoms with Gasteiger partial charge in [-0.3, -0.25) is 0 Å². The fraction of sp³-hybridized carbons (Fsp3) is 0.500. The maximum atomic E-state index is 2.26. The largest absolute Gasteiger partial charge is 0.235 e. The summed E-state index contributed by atoms with van der Waals surface area (Å²) in [5, 5.41) is 0. The molecular formula is C12H17Mg. The monoisotopic (exact) mass is 185 g/mol. The van der Waals surface area contributed by atoms with Crippen LogP contribution in [0.15, 0.2) is 30.3 Å². The normalized spacial score (nSPS) is 12.6. The number of benzene rings is 1. The average molecular weight is 186 g/mol. The molecule has 0 nitrogen and oxygen atoms in total. The van der Waals surface area contributed by atoms with Crippen molar-refractivity contribution in [2.24, 2.45) is 0 Å². The zero-order valence-electron chi connectivity index (χ0n) is 8.50. The Morgan fingerprint density at radius 1 is 1.15 bits per heavy atom. The molecule has 0 amide bonds. The van der Waals surface area contributed by atoms with Gasteiger partial charge < -0.3 is 0 Å². The highest BCUT2D eigenvalue weighted by molar-refractivity contribution is 6.12. The second-order valence-corrected chi connectivity index (χ2v) is 4.59. The van der Waals surface area contributed by atoms with Crippen LogP contribution in [0, 0.1) is 0 Å². The van der Waals surface area contributed by atoms with Crippen molar-refractivity contribution in [2.45, 2.75) is 36.7 Å². The summed E-state index contributed by atoms with van der Waals surface area (Å²) in [6.07, 6.45) is 5.42. The van der Waals surface area contributed by atoms with E-state index in [-0.39, 0.29) is 0 Å². The van der Waals surface area contributed by atoms with E-state index in [4.69, 9.17) is 0 Å². The first-order valence-corrected chi connectivity index (χ1v) is 6.04. The SMILES string of the molecule is CCCCC[CH]([Mg])c1ccccc1. The molecule has 0 heterocycles. The minimum absolute atomic E-state index is 0.757. The van der Waals surface area contributed by atoms with Crippen molar-refractivity contribution in [3.8, 4) is 0 Å². The van der Waals surface area contributed by atoms with E-state index >= 15 is 0 Å². The molecule has 0 saturated carbocycles. The van der Waals surface area contributed by atoms with Gasteiger partial charge in [-0.25, -0.2) is 0 Å². The first-order valence-electron chi connectivity index (χ1n) is 5.22. The molecule has 0 spiro atoms. The fourth-order valence-corrected chi connectivity index (χ4v) is 2.09. The maximum Gasteiger partial charge on any atom is 0.235 e. The highest BCUT2D eigenvalue weighted by atomic mass is 24.4. The lowest BCUT2D eigenvalue weighted by Crippen LogP contribution is -1.97. The summed E-state index contributed by atoms with van der Waals surface area (Å²) in [4.78, 5) is 0. The van der Waals surface area contributed by atoms with Crippen LogP contribution in [0.4, 0.5) is 0 Å². The summed E-state index contributed by atoms with van der Waals surface area (Å²) in [7, 11) is 0. The van der Waals surface area contributed by atoms with Crippen LogP contribution >= 0.6 is 0 Å². The van der Waals surface area contributed by atoms with Crippen LogP contribution in [0.1, 0.15) is 42.2 Å². The van der Waals surface area contributed by atoms with Gasteiger partial charge in [0.25, 0.3) is 0 Å². The van der Waals surface area contributed by atoms with Crippen LogP contribution in [-0.4, -0.2) is 21.7 Å². The van der Waals surface area contributed by atoms with E-state index in [9.17, 15) is 0 Å². The molecule has 1 rings (SSSR count). The van der Waals surface area contributed by atoms with Crippen molar-refractivity contribution in [1.29, 1.82) is 0 Å². The number of rotatable bonds is 5. The molecule has 67 valence electrons. The van der Waals surface area contributed by atoms with Gasteiger partial charge in [-0.15, -0.1) is 4.05 Å². The predicted molar refractivity (Wildman–Crippen MR) is 59.1 cm³/mol. The highest BCUT2D eigenvalue weighted by Gasteiger charge is 2.00. The van der Waals surface area contributed by atoms with E-state index in [1.807, 2.05) is 0 Å². The Bertz CT molecular complexity index is 218. The van der Waals surface area contributed by atoms with E-state index in [1.165, 1.54) is 31.2 Å². The average Bonchev–Trinajstić information content (AvgIpc) is 2.19. The van der Waals surface area contributed by atoms with E-state index in [1.54, 1.807) is 0 Å². The minimum atomic E-state index is 0.757. The molecular weight excluding hydrogens is 168 g/mol. The summed E-state index contributed by atoms with van der Waals surface area (Å²) in [5.41, 5.74) is 1.50. The van der Waals surface area contributed by atoms with Crippen LogP contribution < -0.4 is 0 Å². The summed E-state index contributed by atoms with van der Waals surface area (Å²) >= 11 is 2.12. The summed E-state index contributed by atoms with van der Waals surface area (Å²) in [6.45, 7) is 2.26. The minimum Gasteiger partial charge on any atom is -0.143 e. The van der Waals surface area contributed by atoms with Crippen molar-refractivity contribution < 1.29 is 0 Å². The zero-order chi connectivity index (χ0) is 9.52. The summed E-state index contributed by atoms with van der Waals surface area (Å²) in [6, 6.07) is 10.8. The van der Waals surface area contributed by atoms with Crippen LogP contribution in [0.3, 0.4) is 0 Å². The Balaban J connectivity index is 2.35. The smallest absolute Gasteiger partial charge is 0.143 e. The molecule has 0 saturated heterocycles. The van der Waals surface area contributed by atoms with Crippen LogP contribution in [0.25, 0.3) is 0 Å². The molecule has 1 radical (unpaired) electrons. The zero-order valence-corrected chi connectivity index (χ0v) is 9.91. The molecule has 0 aromatic heterocycles. The van der Waals surface area contributed by atoms with Crippen molar-refractivity contribution in [3.63, 3.8) is 0 Å². The standard InChI is InChI=1S/C12H17.Mg/c1-2-3-4-6-9-12-10-7-5-8-11-12;/h5,7-11H,2-4,6H2,1H3;. The van der Waals surface area contributed by atoms with Gasteiger partial charge in [0.15, 0.2) is 0 Å². The molecule has 1 atom stereocenters. The van der Waals surface area contributed by atoms with E-state index in [2.05, 4.69) is 59.0 Å². The van der Waals surface area contributed by atoms with E-state index in [0.717, 1.165) is 4.05 Å². The Kier molecular flexibility index (Phi) is 5.48. The van der Waals surface area contributed by atoms with Crippen molar-refractivity contribution >= 4 is 21.7 Å². The van der Waals surface area contributed by atoms with E-state index in [0.29, 0.717) is 0 Å². The lowest BCUT2D eigenvalue weighted by Gasteiger charge is -2.13. The molecule has 1 aromatic rings. The predicted octanol–water partition coefficient (Wildman–Crippen LogP) is 3.48. The van der Waals surface area contributed by atoms with Crippen molar-refractivity contribution in [2.75, 3.05) is 0 Å². The van der Waals surface area contributed by atoms with Gasteiger partial charge in [0.05, 0.1) is 0 Å². The Hall–Kier alpha value is -0.0138. The second kappa shape index (κ2) is 6.44. The number of hydrogen-bond donors (Lipinski definition) is 0. The van der Waals surface area contributed by atoms with Crippen molar-refractivity contribution in [3.05, 3.63) is 35.9 Å². The van der Waals surface area contributed by atoms with Crippen LogP contribution in [0.5, 0.6) is 0 Å². The van der Waals surface area contributed by atoms with Crippen LogP contribution in [-0.2, 0) is 0 Å². The van der Waals surface area contributed by atoms with Gasteiger partial charge in [0.1, 0.15) is 0 Å². The first kappa shape index (κ1) is 11.1. The molecule has 1 heteroatoms. The topological polar surface area (TPSA) is 0 Å². The van der Waals surface area contributed by atoms with Crippen molar-refractivity contribution in [1.82, 2.24) is 0 Å². The summed E-state index contributed by atoms with van der Waals surface area (Å²) < 4.78 is 0.757. The van der Waals surface area contributed by atoms with Crippen LogP contribution in [0.2, 0.25) is 0 Å². The quantitative estimate of drug-likeness (QED) is 0.487. The Morgan fingerprint density at radius 2 is 1.85 bits per heavy atom. The summed E-state index contributed by atoms with van der Waals surface area (Å²) in [5.74, 6) is 0. The molecule has 0 N–H and O–H groups in total. The highest BCUT2D eigenvalue weighted by Crippen LogP contribution is 2.18. The molecule has 0 aliphatic heterocycles. The molecule has 1 aromatic carbocycles. The lowest BCUT2D eigenvalue weighted by molar-refractivity contribution is 0.655. The Labute approximate surface area is 94.2 Å². The van der Waals surface area contributed by atoms with Gasteiger partial charge in [0, 0.05) is 0 Å². The van der Waals surface area contributed by atoms with Gasteiger partial charge >= 0.3 is 0 Å². The third-order valence-electron chi connectivity index (χ3n) is 2.43. The van der Waals surface area contributed by atoms with Gasteiger partial charge in [-0.05, 0) is 0 Å². The lowest BCUT2D eigenvalue weighted by atomic mass is 10.1. The molecule has 13 heavy (non-hydrogen) atoms. The van der Waals surface area contributed by atoms with E-state index < -0.39 is 0 Å².